The number of ether oxygens (including phenoxy) is 1. The Bertz CT molecular complexity index is 314. The molecule has 14 heavy (non-hydrogen) atoms. The lowest BCUT2D eigenvalue weighted by atomic mass is 10.2. The quantitative estimate of drug-likeness (QED) is 0.357. The summed E-state index contributed by atoms with van der Waals surface area (Å²) in [4.78, 5) is 11.2. The third-order valence-corrected chi connectivity index (χ3v) is 3.91. The van der Waals surface area contributed by atoms with Gasteiger partial charge in [-0.2, -0.15) is 0 Å². The number of hydrogen-bond donors (Lipinski definition) is 1. The first-order valence-corrected chi connectivity index (χ1v) is 6.04. The van der Waals surface area contributed by atoms with Crippen LogP contribution in [0.4, 0.5) is 0 Å². The molecule has 0 aromatic carbocycles. The van der Waals surface area contributed by atoms with Crippen LogP contribution < -0.4 is 5.84 Å². The van der Waals surface area contributed by atoms with E-state index < -0.39 is 21.8 Å². The highest BCUT2D eigenvalue weighted by molar-refractivity contribution is 7.91. The van der Waals surface area contributed by atoms with Gasteiger partial charge in [0.1, 0.15) is 6.61 Å². The molecule has 7 heteroatoms. The summed E-state index contributed by atoms with van der Waals surface area (Å²) in [6.07, 6.45) is 0.411. The fraction of sp³-hybridized carbons (Fsp3) is 0.857. The first kappa shape index (κ1) is 11.4. The fourth-order valence-electron chi connectivity index (χ4n) is 1.40. The molecular weight excluding hydrogens is 208 g/mol. The standard InChI is InChI=1S/C7H14N2O4S/c1-13-4-7(10)9(8)6-2-3-14(11,12)5-6/h6H,2-5,8H2,1H3. The topological polar surface area (TPSA) is 89.7 Å². The van der Waals surface area contributed by atoms with Crippen LogP contribution in [0.25, 0.3) is 0 Å². The van der Waals surface area contributed by atoms with E-state index in [0.717, 1.165) is 5.01 Å². The molecule has 1 rings (SSSR count). The molecule has 1 atom stereocenters. The van der Waals surface area contributed by atoms with E-state index in [9.17, 15) is 13.2 Å². The molecule has 0 radical (unpaired) electrons. The molecule has 1 aliphatic rings. The lowest BCUT2D eigenvalue weighted by Gasteiger charge is -2.21. The van der Waals surface area contributed by atoms with Crippen LogP contribution in [0.5, 0.6) is 0 Å². The van der Waals surface area contributed by atoms with Gasteiger partial charge >= 0.3 is 0 Å². The van der Waals surface area contributed by atoms with E-state index in [1.54, 1.807) is 0 Å². The summed E-state index contributed by atoms with van der Waals surface area (Å²) in [5.74, 6) is 5.14. The van der Waals surface area contributed by atoms with Gasteiger partial charge in [0.15, 0.2) is 9.84 Å². The number of carbonyl (C=O) groups is 1. The van der Waals surface area contributed by atoms with Gasteiger partial charge in [0.05, 0.1) is 17.5 Å². The molecule has 0 saturated carbocycles. The second kappa shape index (κ2) is 4.24. The summed E-state index contributed by atoms with van der Waals surface area (Å²) in [5.41, 5.74) is 0. The maximum Gasteiger partial charge on any atom is 0.262 e. The van der Waals surface area contributed by atoms with Crippen molar-refractivity contribution in [3.8, 4) is 0 Å². The number of nitrogens with zero attached hydrogens (tertiary/aromatic N) is 1. The minimum atomic E-state index is -3.00. The first-order chi connectivity index (χ1) is 6.46. The summed E-state index contributed by atoms with van der Waals surface area (Å²) in [6.45, 7) is -0.118. The van der Waals surface area contributed by atoms with Gasteiger partial charge < -0.3 is 4.74 Å². The molecule has 2 N–H and O–H groups in total. The summed E-state index contributed by atoms with van der Waals surface area (Å²) < 4.78 is 26.8. The second-order valence-corrected chi connectivity index (χ2v) is 5.52. The Kier molecular flexibility index (Phi) is 3.46. The highest BCUT2D eigenvalue weighted by Gasteiger charge is 2.33. The number of sulfone groups is 1. The number of carbonyl (C=O) groups excluding carboxylic acids is 1. The van der Waals surface area contributed by atoms with Crippen LogP contribution in [0, 0.1) is 0 Å². The van der Waals surface area contributed by atoms with Crippen molar-refractivity contribution in [1.29, 1.82) is 0 Å². The largest absolute Gasteiger partial charge is 0.375 e. The van der Waals surface area contributed by atoms with Gasteiger partial charge in [-0.05, 0) is 6.42 Å². The van der Waals surface area contributed by atoms with Crippen molar-refractivity contribution >= 4 is 15.7 Å². The van der Waals surface area contributed by atoms with Crippen molar-refractivity contribution in [3.05, 3.63) is 0 Å². The van der Waals surface area contributed by atoms with E-state index in [2.05, 4.69) is 4.74 Å². The highest BCUT2D eigenvalue weighted by atomic mass is 32.2. The third kappa shape index (κ3) is 2.66. The Morgan fingerprint density at radius 3 is 2.71 bits per heavy atom. The molecule has 1 aliphatic heterocycles. The van der Waals surface area contributed by atoms with Gasteiger partial charge in [-0.25, -0.2) is 14.3 Å². The Morgan fingerprint density at radius 2 is 2.29 bits per heavy atom. The second-order valence-electron chi connectivity index (χ2n) is 3.29. The zero-order valence-corrected chi connectivity index (χ0v) is 8.79. The molecule has 0 aromatic rings. The summed E-state index contributed by atoms with van der Waals surface area (Å²) >= 11 is 0. The van der Waals surface area contributed by atoms with Gasteiger partial charge in [0, 0.05) is 7.11 Å². The van der Waals surface area contributed by atoms with Crippen LogP contribution in [0.15, 0.2) is 0 Å². The maximum absolute atomic E-state index is 11.2. The average molecular weight is 222 g/mol. The lowest BCUT2D eigenvalue weighted by Crippen LogP contribution is -2.47. The molecule has 1 amide bonds. The molecule has 6 nitrogen and oxygen atoms in total. The van der Waals surface area contributed by atoms with Crippen LogP contribution in [-0.4, -0.2) is 50.6 Å². The molecule has 82 valence electrons. The first-order valence-electron chi connectivity index (χ1n) is 4.22. The predicted molar refractivity (Wildman–Crippen MR) is 50.0 cm³/mol. The fourth-order valence-corrected chi connectivity index (χ4v) is 3.11. The van der Waals surface area contributed by atoms with Gasteiger partial charge in [-0.1, -0.05) is 0 Å². The maximum atomic E-state index is 11.2. The van der Waals surface area contributed by atoms with E-state index in [0.29, 0.717) is 6.42 Å². The van der Waals surface area contributed by atoms with Crippen LogP contribution in [0.3, 0.4) is 0 Å². The predicted octanol–water partition coefficient (Wildman–Crippen LogP) is -1.48. The number of amides is 1. The van der Waals surface area contributed by atoms with Gasteiger partial charge in [0.25, 0.3) is 5.91 Å². The lowest BCUT2D eigenvalue weighted by molar-refractivity contribution is -0.137. The molecule has 0 aliphatic carbocycles. The van der Waals surface area contributed by atoms with Crippen LogP contribution in [-0.2, 0) is 19.4 Å². The molecule has 1 fully saturated rings. The van der Waals surface area contributed by atoms with Crippen LogP contribution in [0.2, 0.25) is 0 Å². The smallest absolute Gasteiger partial charge is 0.262 e. The Morgan fingerprint density at radius 1 is 1.64 bits per heavy atom. The van der Waals surface area contributed by atoms with Gasteiger partial charge in [-0.3, -0.25) is 9.80 Å². The Labute approximate surface area is 82.9 Å². The van der Waals surface area contributed by atoms with Crippen LogP contribution >= 0.6 is 0 Å². The average Bonchev–Trinajstić information content (AvgIpc) is 2.45. The molecule has 0 aromatic heterocycles. The van der Waals surface area contributed by atoms with E-state index in [4.69, 9.17) is 5.84 Å². The number of hydrazine groups is 1. The SMILES string of the molecule is COCC(=O)N(N)C1CCS(=O)(=O)C1. The van der Waals surface area contributed by atoms with Crippen molar-refractivity contribution in [2.75, 3.05) is 25.2 Å². The summed E-state index contributed by atoms with van der Waals surface area (Å²) in [6, 6.07) is -0.400. The molecule has 0 spiro atoms. The number of hydrogen-bond acceptors (Lipinski definition) is 5. The summed E-state index contributed by atoms with van der Waals surface area (Å²) in [5, 5.41) is 0.966. The van der Waals surface area contributed by atoms with Crippen molar-refractivity contribution in [2.45, 2.75) is 12.5 Å². The number of nitrogens with two attached hydrogens (primary N) is 1. The molecule has 0 bridgehead atoms. The Hall–Kier alpha value is -0.660. The van der Waals surface area contributed by atoms with Crippen molar-refractivity contribution in [1.82, 2.24) is 5.01 Å². The number of methoxy groups -OCH3 is 1. The third-order valence-electron chi connectivity index (χ3n) is 2.16. The minimum absolute atomic E-state index is 0.0427. The van der Waals surface area contributed by atoms with E-state index in [1.807, 2.05) is 0 Å². The van der Waals surface area contributed by atoms with Gasteiger partial charge in [0.2, 0.25) is 0 Å². The zero-order valence-electron chi connectivity index (χ0n) is 7.97. The number of rotatable bonds is 3. The van der Waals surface area contributed by atoms with Gasteiger partial charge in [-0.15, -0.1) is 0 Å². The zero-order chi connectivity index (χ0) is 10.8. The van der Waals surface area contributed by atoms with Crippen molar-refractivity contribution in [2.24, 2.45) is 5.84 Å². The molecular formula is C7H14N2O4S. The summed E-state index contributed by atoms with van der Waals surface area (Å²) in [7, 11) is -1.62. The molecule has 1 unspecified atom stereocenters. The van der Waals surface area contributed by atoms with E-state index in [1.165, 1.54) is 7.11 Å². The Balaban J connectivity index is 2.55. The molecule has 1 heterocycles. The molecule has 1 saturated heterocycles. The van der Waals surface area contributed by atoms with E-state index in [-0.39, 0.29) is 18.1 Å². The minimum Gasteiger partial charge on any atom is -0.375 e. The van der Waals surface area contributed by atoms with E-state index >= 15 is 0 Å². The monoisotopic (exact) mass is 222 g/mol. The van der Waals surface area contributed by atoms with Crippen LogP contribution in [0.1, 0.15) is 6.42 Å². The normalized spacial score (nSPS) is 24.9. The van der Waals surface area contributed by atoms with Crippen molar-refractivity contribution in [3.63, 3.8) is 0 Å². The van der Waals surface area contributed by atoms with Crippen molar-refractivity contribution < 1.29 is 17.9 Å². The highest BCUT2D eigenvalue weighted by Crippen LogP contribution is 2.15.